The molecule has 0 saturated heterocycles. The molecule has 2 heterocycles. The average molecular weight is 337 g/mol. The zero-order valence-electron chi connectivity index (χ0n) is 22.1. The Morgan fingerprint density at radius 2 is 2.04 bits per heavy atom. The van der Waals surface area contributed by atoms with Gasteiger partial charge in [-0.2, -0.15) is 0 Å². The molecule has 2 aromatic carbocycles. The third-order valence-corrected chi connectivity index (χ3v) is 4.12. The van der Waals surface area contributed by atoms with Crippen LogP contribution in [0.3, 0.4) is 0 Å². The minimum absolute atomic E-state index is 0.0697. The topological polar surface area (TPSA) is 26.0 Å². The van der Waals surface area contributed by atoms with Crippen molar-refractivity contribution in [1.82, 2.24) is 4.98 Å². The smallest absolute Gasteiger partial charge is 0.144 e. The summed E-state index contributed by atoms with van der Waals surface area (Å²) >= 11 is 0. The van der Waals surface area contributed by atoms with Gasteiger partial charge in [-0.05, 0) is 60.9 Å². The Bertz CT molecular complexity index is 1350. The molecule has 0 aliphatic rings. The van der Waals surface area contributed by atoms with E-state index in [-0.39, 0.29) is 16.7 Å². The van der Waals surface area contributed by atoms with Crippen molar-refractivity contribution in [3.05, 3.63) is 65.4 Å². The zero-order chi connectivity index (χ0) is 24.3. The SMILES string of the molecule is [2H]C([2H])([2H])c1ccc2c(c1)oc1c(-c3cc(C([2H])([2H])C(C)C)c(C([2H])([2H])[2H])cn3)cccc12. The molecule has 0 saturated carbocycles. The summed E-state index contributed by atoms with van der Waals surface area (Å²) in [6.45, 7) is -1.38. The number of nitrogens with zero attached hydrogens (tertiary/aromatic N) is 1. The molecular formula is C23H23NO. The van der Waals surface area contributed by atoms with Crippen LogP contribution in [0.4, 0.5) is 0 Å². The molecular weight excluding hydrogens is 306 g/mol. The number of hydrogen-bond acceptors (Lipinski definition) is 2. The lowest BCUT2D eigenvalue weighted by molar-refractivity contribution is 0.644. The summed E-state index contributed by atoms with van der Waals surface area (Å²) in [4.78, 5) is 4.35. The van der Waals surface area contributed by atoms with Crippen molar-refractivity contribution in [2.75, 3.05) is 0 Å². The summed E-state index contributed by atoms with van der Waals surface area (Å²) in [7, 11) is 0. The van der Waals surface area contributed by atoms with Crippen molar-refractivity contribution < 1.29 is 15.4 Å². The van der Waals surface area contributed by atoms with Gasteiger partial charge in [-0.1, -0.05) is 38.1 Å². The highest BCUT2D eigenvalue weighted by Gasteiger charge is 2.14. The summed E-state index contributed by atoms with van der Waals surface area (Å²) in [5.74, 6) is -0.464. The predicted molar refractivity (Wildman–Crippen MR) is 105 cm³/mol. The number of aryl methyl sites for hydroxylation is 2. The van der Waals surface area contributed by atoms with E-state index in [1.54, 1.807) is 38.1 Å². The maximum atomic E-state index is 8.55. The Balaban J connectivity index is 1.97. The van der Waals surface area contributed by atoms with E-state index in [0.717, 1.165) is 10.8 Å². The van der Waals surface area contributed by atoms with Gasteiger partial charge < -0.3 is 4.42 Å². The first-order chi connectivity index (χ1) is 15.2. The molecule has 0 unspecified atom stereocenters. The van der Waals surface area contributed by atoms with E-state index in [1.165, 1.54) is 18.3 Å². The van der Waals surface area contributed by atoms with E-state index in [0.29, 0.717) is 22.4 Å². The molecule has 4 aromatic rings. The van der Waals surface area contributed by atoms with E-state index in [2.05, 4.69) is 4.98 Å². The molecule has 0 aliphatic carbocycles. The number of fused-ring (bicyclic) bond motifs is 3. The van der Waals surface area contributed by atoms with Gasteiger partial charge >= 0.3 is 0 Å². The molecule has 4 rings (SSSR count). The fourth-order valence-electron chi connectivity index (χ4n) is 3.03. The molecule has 126 valence electrons. The second-order valence-corrected chi connectivity index (χ2v) is 6.41. The van der Waals surface area contributed by atoms with Crippen molar-refractivity contribution >= 4 is 21.9 Å². The number of hydrogen-bond donors (Lipinski definition) is 0. The summed E-state index contributed by atoms with van der Waals surface area (Å²) in [5.41, 5.74) is 1.95. The molecule has 2 aromatic heterocycles. The summed E-state index contributed by atoms with van der Waals surface area (Å²) in [6, 6.07) is 11.7. The normalized spacial score (nSPS) is 18.0. The molecule has 0 radical (unpaired) electrons. The van der Waals surface area contributed by atoms with Crippen LogP contribution in [-0.2, 0) is 6.37 Å². The molecule has 0 atom stereocenters. The van der Waals surface area contributed by atoms with Crippen molar-refractivity contribution in [2.45, 2.75) is 33.9 Å². The number of rotatable bonds is 3. The minimum Gasteiger partial charge on any atom is -0.455 e. The van der Waals surface area contributed by atoms with Crippen LogP contribution < -0.4 is 0 Å². The maximum Gasteiger partial charge on any atom is 0.144 e. The molecule has 0 amide bonds. The molecule has 0 spiro atoms. The van der Waals surface area contributed by atoms with E-state index in [4.69, 9.17) is 15.4 Å². The number of pyridine rings is 1. The monoisotopic (exact) mass is 337 g/mol. The lowest BCUT2D eigenvalue weighted by atomic mass is 9.97. The van der Waals surface area contributed by atoms with Crippen LogP contribution in [-0.4, -0.2) is 4.98 Å². The number of benzene rings is 2. The molecule has 0 N–H and O–H groups in total. The Labute approximate surface area is 159 Å². The molecule has 2 heteroatoms. The third kappa shape index (κ3) is 2.82. The van der Waals surface area contributed by atoms with Crippen LogP contribution in [0.25, 0.3) is 33.2 Å². The van der Waals surface area contributed by atoms with Crippen LogP contribution in [0.1, 0.15) is 41.5 Å². The van der Waals surface area contributed by atoms with Crippen molar-refractivity contribution in [3.63, 3.8) is 0 Å². The van der Waals surface area contributed by atoms with E-state index in [9.17, 15) is 0 Å². The van der Waals surface area contributed by atoms with Gasteiger partial charge in [0.1, 0.15) is 11.2 Å². The second-order valence-electron chi connectivity index (χ2n) is 6.41. The van der Waals surface area contributed by atoms with Crippen molar-refractivity contribution in [3.8, 4) is 11.3 Å². The fraction of sp³-hybridized carbons (Fsp3) is 0.261. The Kier molecular flexibility index (Phi) is 2.22. The van der Waals surface area contributed by atoms with Crippen molar-refractivity contribution in [1.29, 1.82) is 0 Å². The molecule has 0 bridgehead atoms. The zero-order valence-corrected chi connectivity index (χ0v) is 14.1. The molecule has 25 heavy (non-hydrogen) atoms. The third-order valence-electron chi connectivity index (χ3n) is 4.12. The Hall–Kier alpha value is -2.61. The van der Waals surface area contributed by atoms with Gasteiger partial charge in [-0.15, -0.1) is 0 Å². The standard InChI is InChI=1S/C23H23NO/c1-14(2)10-17-12-21(24-13-16(17)4)20-7-5-6-19-18-9-8-15(3)11-22(18)25-23(19)20/h5-9,11-14H,10H2,1-4H3/i3D3,4D3,10D2. The van der Waals surface area contributed by atoms with Gasteiger partial charge in [-0.3, -0.25) is 4.98 Å². The Morgan fingerprint density at radius 1 is 1.12 bits per heavy atom. The molecule has 0 aliphatic heterocycles. The number of aromatic nitrogens is 1. The summed E-state index contributed by atoms with van der Waals surface area (Å²) in [6.07, 6.45) is -0.677. The van der Waals surface area contributed by atoms with Gasteiger partial charge in [0.2, 0.25) is 0 Å². The largest absolute Gasteiger partial charge is 0.455 e. The highest BCUT2D eigenvalue weighted by atomic mass is 16.3. The van der Waals surface area contributed by atoms with E-state index >= 15 is 0 Å². The van der Waals surface area contributed by atoms with Crippen LogP contribution in [0.5, 0.6) is 0 Å². The van der Waals surface area contributed by atoms with Crippen LogP contribution >= 0.6 is 0 Å². The quantitative estimate of drug-likeness (QED) is 0.428. The van der Waals surface area contributed by atoms with Crippen molar-refractivity contribution in [2.24, 2.45) is 5.92 Å². The van der Waals surface area contributed by atoms with Gasteiger partial charge in [-0.25, -0.2) is 0 Å². The van der Waals surface area contributed by atoms with Gasteiger partial charge in [0.25, 0.3) is 0 Å². The highest BCUT2D eigenvalue weighted by molar-refractivity contribution is 6.09. The average Bonchev–Trinajstić information content (AvgIpc) is 3.10. The summed E-state index contributed by atoms with van der Waals surface area (Å²) < 4.78 is 69.6. The van der Waals surface area contributed by atoms with Crippen LogP contribution in [0.15, 0.2) is 53.1 Å². The fourth-order valence-corrected chi connectivity index (χ4v) is 3.03. The van der Waals surface area contributed by atoms with Crippen LogP contribution in [0, 0.1) is 19.6 Å². The maximum absolute atomic E-state index is 8.55. The lowest BCUT2D eigenvalue weighted by Gasteiger charge is -2.10. The van der Waals surface area contributed by atoms with Gasteiger partial charge in [0.05, 0.1) is 5.69 Å². The van der Waals surface area contributed by atoms with E-state index < -0.39 is 26.0 Å². The lowest BCUT2D eigenvalue weighted by Crippen LogP contribution is -1.99. The molecule has 2 nitrogen and oxygen atoms in total. The first-order valence-corrected chi connectivity index (χ1v) is 8.18. The first-order valence-electron chi connectivity index (χ1n) is 12.2. The van der Waals surface area contributed by atoms with Crippen LogP contribution in [0.2, 0.25) is 0 Å². The Morgan fingerprint density at radius 3 is 2.84 bits per heavy atom. The summed E-state index contributed by atoms with van der Waals surface area (Å²) in [5, 5.41) is 1.51. The minimum atomic E-state index is -2.51. The molecule has 0 fully saturated rings. The van der Waals surface area contributed by atoms with E-state index in [1.807, 2.05) is 6.07 Å². The second kappa shape index (κ2) is 6.03. The number of furan rings is 1. The number of para-hydroxylation sites is 1. The van der Waals surface area contributed by atoms with Gasteiger partial charge in [0, 0.05) is 33.5 Å². The predicted octanol–water partition coefficient (Wildman–Crippen LogP) is 6.46. The highest BCUT2D eigenvalue weighted by Crippen LogP contribution is 2.35. The van der Waals surface area contributed by atoms with Gasteiger partial charge in [0.15, 0.2) is 0 Å². The first kappa shape index (κ1) is 9.19.